The molecular weight excluding hydrogens is 242 g/mol. The van der Waals surface area contributed by atoms with Gasteiger partial charge in [-0.05, 0) is 43.6 Å². The van der Waals surface area contributed by atoms with E-state index >= 15 is 0 Å². The van der Waals surface area contributed by atoms with E-state index in [1.54, 1.807) is 0 Å². The Morgan fingerprint density at radius 2 is 1.89 bits per heavy atom. The maximum atomic E-state index is 12.5. The van der Waals surface area contributed by atoms with Gasteiger partial charge < -0.3 is 5.32 Å². The zero-order valence-corrected chi connectivity index (χ0v) is 13.6. The van der Waals surface area contributed by atoms with Crippen LogP contribution in [0, 0.1) is 17.8 Å². The lowest BCUT2D eigenvalue weighted by molar-refractivity contribution is 0.245. The van der Waals surface area contributed by atoms with Gasteiger partial charge >= 0.3 is 0 Å². The normalized spacial score (nSPS) is 30.9. The second-order valence-electron chi connectivity index (χ2n) is 6.46. The summed E-state index contributed by atoms with van der Waals surface area (Å²) in [4.78, 5) is 0. The zero-order valence-electron chi connectivity index (χ0n) is 12.7. The van der Waals surface area contributed by atoms with E-state index < -0.39 is 10.8 Å². The Hall–Kier alpha value is 0.110. The summed E-state index contributed by atoms with van der Waals surface area (Å²) in [7, 11) is -0.668. The van der Waals surface area contributed by atoms with Crippen molar-refractivity contribution in [2.45, 2.75) is 65.2 Å². The molecule has 1 N–H and O–H groups in total. The Kier molecular flexibility index (Phi) is 6.86. The van der Waals surface area contributed by atoms with E-state index in [0.717, 1.165) is 30.6 Å². The molecule has 4 atom stereocenters. The van der Waals surface area contributed by atoms with E-state index in [2.05, 4.69) is 39.9 Å². The second kappa shape index (κ2) is 7.64. The third-order valence-electron chi connectivity index (χ3n) is 4.08. The molecule has 1 aliphatic carbocycles. The average molecular weight is 273 g/mol. The first-order valence-corrected chi connectivity index (χ1v) is 8.94. The summed E-state index contributed by atoms with van der Waals surface area (Å²) >= 11 is 0. The third kappa shape index (κ3) is 4.65. The smallest absolute Gasteiger partial charge is 0.0504 e. The number of hydrogen-bond acceptors (Lipinski definition) is 2. The first-order valence-electron chi connectivity index (χ1n) is 7.56. The van der Waals surface area contributed by atoms with Gasteiger partial charge in [0.2, 0.25) is 0 Å². The van der Waals surface area contributed by atoms with E-state index in [9.17, 15) is 4.21 Å². The van der Waals surface area contributed by atoms with Gasteiger partial charge in [0.15, 0.2) is 0 Å². The Balaban J connectivity index is 2.68. The lowest BCUT2D eigenvalue weighted by Gasteiger charge is -2.38. The minimum absolute atomic E-state index is 0.369. The van der Waals surface area contributed by atoms with Crippen molar-refractivity contribution in [3.05, 3.63) is 0 Å². The molecule has 18 heavy (non-hydrogen) atoms. The molecule has 0 aromatic heterocycles. The highest BCUT2D eigenvalue weighted by Gasteiger charge is 2.34. The summed E-state index contributed by atoms with van der Waals surface area (Å²) in [6.45, 7) is 12.1. The molecule has 0 saturated heterocycles. The summed E-state index contributed by atoms with van der Waals surface area (Å²) in [5.41, 5.74) is 0. The maximum Gasteiger partial charge on any atom is 0.0504 e. The van der Waals surface area contributed by atoms with E-state index in [1.807, 2.05) is 0 Å². The van der Waals surface area contributed by atoms with Gasteiger partial charge in [-0.25, -0.2) is 0 Å². The van der Waals surface area contributed by atoms with Crippen molar-refractivity contribution >= 4 is 10.8 Å². The van der Waals surface area contributed by atoms with Gasteiger partial charge in [-0.1, -0.05) is 34.6 Å². The molecule has 2 nitrogen and oxygen atoms in total. The standard InChI is InChI=1S/C15H31NOS/c1-6-16-14-8-7-13(12(4)5)9-15(14)18(17)10-11(2)3/h11-16H,6-10H2,1-5H3. The van der Waals surface area contributed by atoms with Gasteiger partial charge in [0.25, 0.3) is 0 Å². The molecule has 0 bridgehead atoms. The molecule has 1 aliphatic rings. The van der Waals surface area contributed by atoms with Crippen LogP contribution in [0.5, 0.6) is 0 Å². The molecule has 3 heteroatoms. The minimum Gasteiger partial charge on any atom is -0.313 e. The fraction of sp³-hybridized carbons (Fsp3) is 1.00. The lowest BCUT2D eigenvalue weighted by Crippen LogP contribution is -2.47. The molecule has 0 aliphatic heterocycles. The highest BCUT2D eigenvalue weighted by Crippen LogP contribution is 2.33. The van der Waals surface area contributed by atoms with Crippen LogP contribution < -0.4 is 5.32 Å². The van der Waals surface area contributed by atoms with Crippen molar-refractivity contribution in [3.63, 3.8) is 0 Å². The molecular formula is C15H31NOS. The number of nitrogens with one attached hydrogen (secondary N) is 1. The molecule has 0 radical (unpaired) electrons. The van der Waals surface area contributed by atoms with E-state index in [1.165, 1.54) is 12.8 Å². The van der Waals surface area contributed by atoms with Crippen molar-refractivity contribution in [2.24, 2.45) is 17.8 Å². The molecule has 4 unspecified atom stereocenters. The summed E-state index contributed by atoms with van der Waals surface area (Å²) in [5, 5.41) is 3.92. The molecule has 0 amide bonds. The summed E-state index contributed by atoms with van der Waals surface area (Å²) in [6, 6.07) is 0.476. The van der Waals surface area contributed by atoms with Crippen LogP contribution in [-0.4, -0.2) is 27.8 Å². The highest BCUT2D eigenvalue weighted by atomic mass is 32.2. The van der Waals surface area contributed by atoms with Crippen LogP contribution in [-0.2, 0) is 10.8 Å². The van der Waals surface area contributed by atoms with Crippen molar-refractivity contribution in [1.82, 2.24) is 5.32 Å². The summed E-state index contributed by atoms with van der Waals surface area (Å²) in [5.74, 6) is 2.89. The Morgan fingerprint density at radius 1 is 1.22 bits per heavy atom. The molecule has 108 valence electrons. The van der Waals surface area contributed by atoms with Crippen LogP contribution >= 0.6 is 0 Å². The van der Waals surface area contributed by atoms with Crippen molar-refractivity contribution in [3.8, 4) is 0 Å². The van der Waals surface area contributed by atoms with Gasteiger partial charge in [-0.2, -0.15) is 0 Å². The monoisotopic (exact) mass is 273 g/mol. The second-order valence-corrected chi connectivity index (χ2v) is 8.16. The number of hydrogen-bond donors (Lipinski definition) is 1. The molecule has 0 spiro atoms. The van der Waals surface area contributed by atoms with Gasteiger partial charge in [-0.15, -0.1) is 0 Å². The highest BCUT2D eigenvalue weighted by molar-refractivity contribution is 7.85. The fourth-order valence-corrected chi connectivity index (χ4v) is 4.97. The minimum atomic E-state index is -0.668. The Labute approximate surface area is 116 Å². The molecule has 1 rings (SSSR count). The topological polar surface area (TPSA) is 29.1 Å². The van der Waals surface area contributed by atoms with Crippen LogP contribution in [0.3, 0.4) is 0 Å². The number of rotatable bonds is 6. The Morgan fingerprint density at radius 3 is 2.39 bits per heavy atom. The molecule has 0 aromatic carbocycles. The predicted octanol–water partition coefficient (Wildman–Crippen LogP) is 3.19. The van der Waals surface area contributed by atoms with Crippen molar-refractivity contribution in [2.75, 3.05) is 12.3 Å². The van der Waals surface area contributed by atoms with Crippen LogP contribution in [0.1, 0.15) is 53.9 Å². The maximum absolute atomic E-state index is 12.5. The van der Waals surface area contributed by atoms with Crippen LogP contribution in [0.15, 0.2) is 0 Å². The molecule has 1 saturated carbocycles. The Bertz CT molecular complexity index is 265. The first kappa shape index (κ1) is 16.2. The van der Waals surface area contributed by atoms with Crippen molar-refractivity contribution in [1.29, 1.82) is 0 Å². The van der Waals surface area contributed by atoms with E-state index in [0.29, 0.717) is 17.2 Å². The van der Waals surface area contributed by atoms with Gasteiger partial charge in [0.1, 0.15) is 0 Å². The van der Waals surface area contributed by atoms with E-state index in [4.69, 9.17) is 0 Å². The van der Waals surface area contributed by atoms with Crippen molar-refractivity contribution < 1.29 is 4.21 Å². The van der Waals surface area contributed by atoms with Gasteiger partial charge in [0.05, 0.1) is 5.25 Å². The quantitative estimate of drug-likeness (QED) is 0.805. The molecule has 0 aromatic rings. The summed E-state index contributed by atoms with van der Waals surface area (Å²) < 4.78 is 12.5. The molecule has 0 heterocycles. The largest absolute Gasteiger partial charge is 0.313 e. The van der Waals surface area contributed by atoms with Crippen LogP contribution in [0.4, 0.5) is 0 Å². The van der Waals surface area contributed by atoms with Crippen LogP contribution in [0.2, 0.25) is 0 Å². The fourth-order valence-electron chi connectivity index (χ4n) is 3.00. The van der Waals surface area contributed by atoms with Crippen LogP contribution in [0.25, 0.3) is 0 Å². The predicted molar refractivity (Wildman–Crippen MR) is 81.3 cm³/mol. The average Bonchev–Trinajstić information content (AvgIpc) is 2.28. The lowest BCUT2D eigenvalue weighted by atomic mass is 9.79. The first-order chi connectivity index (χ1) is 8.45. The third-order valence-corrected chi connectivity index (χ3v) is 6.27. The van der Waals surface area contributed by atoms with E-state index in [-0.39, 0.29) is 0 Å². The van der Waals surface area contributed by atoms with Gasteiger partial charge in [0, 0.05) is 22.6 Å². The van der Waals surface area contributed by atoms with Gasteiger partial charge in [-0.3, -0.25) is 4.21 Å². The zero-order chi connectivity index (χ0) is 13.7. The SMILES string of the molecule is CCNC1CCC(C(C)C)CC1S(=O)CC(C)C. The summed E-state index contributed by atoms with van der Waals surface area (Å²) in [6.07, 6.45) is 3.64. The molecule has 1 fully saturated rings.